The largest absolute Gasteiger partial charge is 0.383 e. The van der Waals surface area contributed by atoms with Crippen molar-refractivity contribution in [2.24, 2.45) is 10.7 Å². The van der Waals surface area contributed by atoms with Crippen LogP contribution in [-0.2, 0) is 4.74 Å². The fourth-order valence-electron chi connectivity index (χ4n) is 0.639. The quantitative estimate of drug-likeness (QED) is 0.328. The molecule has 0 amide bonds. The Labute approximate surface area is 107 Å². The molecule has 0 aromatic heterocycles. The summed E-state index contributed by atoms with van der Waals surface area (Å²) in [6, 6.07) is 0. The van der Waals surface area contributed by atoms with Gasteiger partial charge in [0.25, 0.3) is 0 Å². The van der Waals surface area contributed by atoms with E-state index in [9.17, 15) is 0 Å². The van der Waals surface area contributed by atoms with Gasteiger partial charge < -0.3 is 15.8 Å². The second-order valence-corrected chi connectivity index (χ2v) is 3.97. The molecule has 1 atom stereocenters. The van der Waals surface area contributed by atoms with E-state index in [4.69, 9.17) is 10.5 Å². The number of hydrogen-bond donors (Lipinski definition) is 2. The Bertz CT molecular complexity index is 158. The Hall–Kier alpha value is 0.310. The molecule has 0 aliphatic heterocycles. The monoisotopic (exact) mass is 333 g/mol. The summed E-state index contributed by atoms with van der Waals surface area (Å²) in [4.78, 5) is 4.17. The van der Waals surface area contributed by atoms with Gasteiger partial charge in [0.15, 0.2) is 5.96 Å². The first kappa shape index (κ1) is 16.7. The molecule has 0 aromatic rings. The highest BCUT2D eigenvalue weighted by Crippen LogP contribution is 2.03. The minimum absolute atomic E-state index is 0. The standard InChI is InChI=1S/C8H19N3OS.HI/c1-7(13-3)6-11-8(9)10-4-5-12-2;/h7H,4-6H2,1-3H3,(H3,9,10,11);1H. The molecule has 3 N–H and O–H groups in total. The average molecular weight is 333 g/mol. The SMILES string of the molecule is COCCNC(N)=NCC(C)SC.I. The number of nitrogens with one attached hydrogen (secondary N) is 1. The maximum Gasteiger partial charge on any atom is 0.188 e. The van der Waals surface area contributed by atoms with Crippen LogP contribution in [0.2, 0.25) is 0 Å². The van der Waals surface area contributed by atoms with Crippen LogP contribution in [0.15, 0.2) is 4.99 Å². The number of rotatable bonds is 6. The lowest BCUT2D eigenvalue weighted by molar-refractivity contribution is 0.204. The van der Waals surface area contributed by atoms with Gasteiger partial charge in [0.05, 0.1) is 13.2 Å². The number of hydrogen-bond acceptors (Lipinski definition) is 3. The summed E-state index contributed by atoms with van der Waals surface area (Å²) in [5.41, 5.74) is 5.59. The maximum atomic E-state index is 5.59. The number of guanidine groups is 1. The van der Waals surface area contributed by atoms with Gasteiger partial charge in [-0.3, -0.25) is 4.99 Å². The Morgan fingerprint density at radius 2 is 2.29 bits per heavy atom. The average Bonchev–Trinajstić information content (AvgIpc) is 2.14. The van der Waals surface area contributed by atoms with Crippen molar-refractivity contribution in [1.82, 2.24) is 5.32 Å². The molecule has 0 bridgehead atoms. The molecule has 0 saturated heterocycles. The molecule has 0 heterocycles. The summed E-state index contributed by atoms with van der Waals surface area (Å²) in [7, 11) is 1.66. The van der Waals surface area contributed by atoms with Crippen molar-refractivity contribution < 1.29 is 4.74 Å². The lowest BCUT2D eigenvalue weighted by Crippen LogP contribution is -2.34. The van der Waals surface area contributed by atoms with Crippen LogP contribution in [0.5, 0.6) is 0 Å². The number of halogens is 1. The molecule has 86 valence electrons. The lowest BCUT2D eigenvalue weighted by Gasteiger charge is -2.06. The minimum atomic E-state index is 0. The molecule has 0 aromatic carbocycles. The van der Waals surface area contributed by atoms with E-state index in [0.29, 0.717) is 24.4 Å². The van der Waals surface area contributed by atoms with E-state index in [-0.39, 0.29) is 24.0 Å². The number of aliphatic imine (C=N–C) groups is 1. The molecule has 0 saturated carbocycles. The van der Waals surface area contributed by atoms with Crippen LogP contribution in [0.3, 0.4) is 0 Å². The molecule has 0 aliphatic carbocycles. The molecule has 6 heteroatoms. The van der Waals surface area contributed by atoms with Crippen LogP contribution in [0.4, 0.5) is 0 Å². The second-order valence-electron chi connectivity index (χ2n) is 2.69. The molecule has 1 unspecified atom stereocenters. The van der Waals surface area contributed by atoms with Crippen molar-refractivity contribution in [2.45, 2.75) is 12.2 Å². The minimum Gasteiger partial charge on any atom is -0.383 e. The van der Waals surface area contributed by atoms with Gasteiger partial charge >= 0.3 is 0 Å². The van der Waals surface area contributed by atoms with Gasteiger partial charge in [-0.15, -0.1) is 24.0 Å². The zero-order valence-corrected chi connectivity index (χ0v) is 12.1. The first-order valence-corrected chi connectivity index (χ1v) is 5.55. The summed E-state index contributed by atoms with van der Waals surface area (Å²) in [6.07, 6.45) is 2.06. The number of ether oxygens (including phenoxy) is 1. The molecule has 0 spiro atoms. The van der Waals surface area contributed by atoms with Gasteiger partial charge in [0.2, 0.25) is 0 Å². The predicted molar refractivity (Wildman–Crippen MR) is 74.8 cm³/mol. The first-order valence-electron chi connectivity index (χ1n) is 4.26. The van der Waals surface area contributed by atoms with E-state index in [1.54, 1.807) is 18.9 Å². The molecule has 0 rings (SSSR count). The highest BCUT2D eigenvalue weighted by Gasteiger charge is 1.97. The number of methoxy groups -OCH3 is 1. The van der Waals surface area contributed by atoms with Crippen molar-refractivity contribution in [3.05, 3.63) is 0 Å². The summed E-state index contributed by atoms with van der Waals surface area (Å²) in [5, 5.41) is 3.47. The van der Waals surface area contributed by atoms with E-state index in [2.05, 4.69) is 23.5 Å². The fraction of sp³-hybridized carbons (Fsp3) is 0.875. The van der Waals surface area contributed by atoms with Crippen molar-refractivity contribution in [2.75, 3.05) is 33.1 Å². The van der Waals surface area contributed by atoms with Crippen molar-refractivity contribution >= 4 is 41.7 Å². The highest BCUT2D eigenvalue weighted by atomic mass is 127. The topological polar surface area (TPSA) is 59.6 Å². The van der Waals surface area contributed by atoms with Gasteiger partial charge in [-0.2, -0.15) is 11.8 Å². The molecule has 0 aliphatic rings. The lowest BCUT2D eigenvalue weighted by atomic mass is 10.5. The van der Waals surface area contributed by atoms with Gasteiger partial charge in [0, 0.05) is 18.9 Å². The number of nitrogens with two attached hydrogens (primary N) is 1. The van der Waals surface area contributed by atoms with E-state index in [1.807, 2.05) is 0 Å². The van der Waals surface area contributed by atoms with E-state index in [0.717, 1.165) is 6.54 Å². The maximum absolute atomic E-state index is 5.59. The normalized spacial score (nSPS) is 13.2. The van der Waals surface area contributed by atoms with Crippen LogP contribution in [0, 0.1) is 0 Å². The van der Waals surface area contributed by atoms with Crippen LogP contribution >= 0.6 is 35.7 Å². The van der Waals surface area contributed by atoms with E-state index >= 15 is 0 Å². The van der Waals surface area contributed by atoms with Gasteiger partial charge in [-0.1, -0.05) is 6.92 Å². The third-order valence-electron chi connectivity index (χ3n) is 1.53. The van der Waals surface area contributed by atoms with Crippen molar-refractivity contribution in [3.63, 3.8) is 0 Å². The Balaban J connectivity index is 0. The van der Waals surface area contributed by atoms with E-state index < -0.39 is 0 Å². The summed E-state index contributed by atoms with van der Waals surface area (Å²) >= 11 is 1.78. The van der Waals surface area contributed by atoms with E-state index in [1.165, 1.54) is 0 Å². The zero-order chi connectivity index (χ0) is 10.1. The smallest absolute Gasteiger partial charge is 0.188 e. The van der Waals surface area contributed by atoms with Gasteiger partial charge in [0.1, 0.15) is 0 Å². The zero-order valence-electron chi connectivity index (χ0n) is 8.95. The molecule has 0 fully saturated rings. The van der Waals surface area contributed by atoms with Crippen LogP contribution < -0.4 is 11.1 Å². The molecular formula is C8H20IN3OS. The Morgan fingerprint density at radius 1 is 1.64 bits per heavy atom. The molecule has 14 heavy (non-hydrogen) atoms. The van der Waals surface area contributed by atoms with Crippen molar-refractivity contribution in [1.29, 1.82) is 0 Å². The third kappa shape index (κ3) is 10.4. The number of thioether (sulfide) groups is 1. The highest BCUT2D eigenvalue weighted by molar-refractivity contribution is 14.0. The van der Waals surface area contributed by atoms with Crippen LogP contribution in [-0.4, -0.2) is 44.3 Å². The molecule has 4 nitrogen and oxygen atoms in total. The van der Waals surface area contributed by atoms with Crippen LogP contribution in [0.1, 0.15) is 6.92 Å². The first-order chi connectivity index (χ1) is 6.20. The number of nitrogens with zero attached hydrogens (tertiary/aromatic N) is 1. The Morgan fingerprint density at radius 3 is 2.79 bits per heavy atom. The summed E-state index contributed by atoms with van der Waals surface area (Å²) in [6.45, 7) is 4.23. The second kappa shape index (κ2) is 11.4. The van der Waals surface area contributed by atoms with Gasteiger partial charge in [-0.05, 0) is 6.26 Å². The van der Waals surface area contributed by atoms with Gasteiger partial charge in [-0.25, -0.2) is 0 Å². The predicted octanol–water partition coefficient (Wildman–Crippen LogP) is 0.907. The molecular weight excluding hydrogens is 313 g/mol. The van der Waals surface area contributed by atoms with Crippen molar-refractivity contribution in [3.8, 4) is 0 Å². The summed E-state index contributed by atoms with van der Waals surface area (Å²) in [5.74, 6) is 0.498. The van der Waals surface area contributed by atoms with Crippen LogP contribution in [0.25, 0.3) is 0 Å². The molecule has 0 radical (unpaired) electrons. The summed E-state index contributed by atoms with van der Waals surface area (Å²) < 4.78 is 4.86. The Kier molecular flexibility index (Phi) is 13.6. The fourth-order valence-corrected chi connectivity index (χ4v) is 0.862. The third-order valence-corrected chi connectivity index (χ3v) is 2.49.